The molecule has 0 atom stereocenters. The average Bonchev–Trinajstić information content (AvgIpc) is 2.44. The highest BCUT2D eigenvalue weighted by Gasteiger charge is 2.37. The van der Waals surface area contributed by atoms with E-state index in [0.29, 0.717) is 16.1 Å². The molecule has 118 valence electrons. The standard InChI is InChI=1S/C16H25IN2O2/c1-4-21-16(8-6-5-7-9-16)15-18-12(10-11(2)3)13(17)14(20)19-15/h11H,4-10H2,1-3H3,(H,18,19,20). The van der Waals surface area contributed by atoms with E-state index in [2.05, 4.69) is 41.4 Å². The van der Waals surface area contributed by atoms with Crippen LogP contribution in [0.3, 0.4) is 0 Å². The van der Waals surface area contributed by atoms with Crippen molar-refractivity contribution in [1.29, 1.82) is 0 Å². The molecule has 1 aliphatic carbocycles. The number of hydrogen-bond donors (Lipinski definition) is 1. The summed E-state index contributed by atoms with van der Waals surface area (Å²) >= 11 is 2.10. The zero-order chi connectivity index (χ0) is 15.5. The van der Waals surface area contributed by atoms with Crippen LogP contribution in [0, 0.1) is 9.49 Å². The molecule has 1 aliphatic rings. The highest BCUT2D eigenvalue weighted by molar-refractivity contribution is 14.1. The van der Waals surface area contributed by atoms with E-state index in [1.807, 2.05) is 6.92 Å². The molecule has 0 saturated heterocycles. The SMILES string of the molecule is CCOC1(c2nc(CC(C)C)c(I)c(=O)[nH]2)CCCCC1. The number of nitrogens with zero attached hydrogens (tertiary/aromatic N) is 1. The van der Waals surface area contributed by atoms with Crippen LogP contribution in [0.25, 0.3) is 0 Å². The first kappa shape index (κ1) is 16.9. The number of aromatic amines is 1. The Morgan fingerprint density at radius 3 is 2.57 bits per heavy atom. The van der Waals surface area contributed by atoms with E-state index in [4.69, 9.17) is 9.72 Å². The van der Waals surface area contributed by atoms with Crippen LogP contribution >= 0.6 is 22.6 Å². The van der Waals surface area contributed by atoms with Gasteiger partial charge < -0.3 is 9.72 Å². The van der Waals surface area contributed by atoms with Crippen molar-refractivity contribution in [2.24, 2.45) is 5.92 Å². The minimum absolute atomic E-state index is 0.0269. The van der Waals surface area contributed by atoms with Crippen LogP contribution in [0.2, 0.25) is 0 Å². The van der Waals surface area contributed by atoms with E-state index in [1.54, 1.807) is 0 Å². The third kappa shape index (κ3) is 3.86. The summed E-state index contributed by atoms with van der Waals surface area (Å²) in [5, 5.41) is 0. The molecule has 1 heterocycles. The molecule has 0 aliphatic heterocycles. The Labute approximate surface area is 140 Å². The molecule has 0 unspecified atom stereocenters. The summed E-state index contributed by atoms with van der Waals surface area (Å²) in [7, 11) is 0. The van der Waals surface area contributed by atoms with Crippen LogP contribution in [0.1, 0.15) is 64.4 Å². The van der Waals surface area contributed by atoms with Crippen LogP contribution in [0.15, 0.2) is 4.79 Å². The molecule has 5 heteroatoms. The van der Waals surface area contributed by atoms with Gasteiger partial charge in [-0.15, -0.1) is 0 Å². The third-order valence-electron chi connectivity index (χ3n) is 4.05. The van der Waals surface area contributed by atoms with Gasteiger partial charge in [0.15, 0.2) is 0 Å². The predicted molar refractivity (Wildman–Crippen MR) is 92.5 cm³/mol. The molecular weight excluding hydrogens is 379 g/mol. The number of rotatable bonds is 5. The molecule has 0 radical (unpaired) electrons. The normalized spacial score (nSPS) is 18.1. The minimum Gasteiger partial charge on any atom is -0.367 e. The lowest BCUT2D eigenvalue weighted by Gasteiger charge is -2.36. The Morgan fingerprint density at radius 1 is 1.33 bits per heavy atom. The summed E-state index contributed by atoms with van der Waals surface area (Å²) in [6, 6.07) is 0. The average molecular weight is 404 g/mol. The van der Waals surface area contributed by atoms with Crippen molar-refractivity contribution >= 4 is 22.6 Å². The van der Waals surface area contributed by atoms with Crippen LogP contribution in [0.4, 0.5) is 0 Å². The molecule has 21 heavy (non-hydrogen) atoms. The maximum Gasteiger partial charge on any atom is 0.264 e. The fourth-order valence-electron chi connectivity index (χ4n) is 3.09. The topological polar surface area (TPSA) is 55.0 Å². The van der Waals surface area contributed by atoms with E-state index in [0.717, 1.165) is 43.6 Å². The van der Waals surface area contributed by atoms with Gasteiger partial charge in [0.05, 0.1) is 9.26 Å². The van der Waals surface area contributed by atoms with Gasteiger partial charge in [-0.3, -0.25) is 4.79 Å². The maximum absolute atomic E-state index is 12.3. The summed E-state index contributed by atoms with van der Waals surface area (Å²) in [5.41, 5.74) is 0.497. The van der Waals surface area contributed by atoms with E-state index in [-0.39, 0.29) is 11.2 Å². The van der Waals surface area contributed by atoms with Crippen molar-refractivity contribution in [1.82, 2.24) is 9.97 Å². The van der Waals surface area contributed by atoms with Gasteiger partial charge in [-0.25, -0.2) is 4.98 Å². The molecule has 2 rings (SSSR count). The zero-order valence-electron chi connectivity index (χ0n) is 13.2. The second-order valence-electron chi connectivity index (χ2n) is 6.26. The largest absolute Gasteiger partial charge is 0.367 e. The van der Waals surface area contributed by atoms with Gasteiger partial charge in [-0.2, -0.15) is 0 Å². The Balaban J connectivity index is 2.45. The number of H-pyrrole nitrogens is 1. The third-order valence-corrected chi connectivity index (χ3v) is 5.16. The van der Waals surface area contributed by atoms with Crippen molar-refractivity contribution in [3.8, 4) is 0 Å². The highest BCUT2D eigenvalue weighted by atomic mass is 127. The van der Waals surface area contributed by atoms with Crippen LogP contribution < -0.4 is 5.56 Å². The number of aromatic nitrogens is 2. The second-order valence-corrected chi connectivity index (χ2v) is 7.34. The molecular formula is C16H25IN2O2. The van der Waals surface area contributed by atoms with E-state index in [1.165, 1.54) is 6.42 Å². The molecule has 1 N–H and O–H groups in total. The first-order chi connectivity index (χ1) is 9.98. The van der Waals surface area contributed by atoms with Gasteiger partial charge in [-0.05, 0) is 54.7 Å². The maximum atomic E-state index is 12.3. The molecule has 0 aromatic carbocycles. The van der Waals surface area contributed by atoms with E-state index in [9.17, 15) is 4.79 Å². The molecule has 1 aromatic rings. The lowest BCUT2D eigenvalue weighted by atomic mass is 9.83. The summed E-state index contributed by atoms with van der Waals surface area (Å²) in [4.78, 5) is 20.1. The molecule has 0 bridgehead atoms. The Kier molecular flexibility index (Phi) is 5.82. The molecule has 1 saturated carbocycles. The number of hydrogen-bond acceptors (Lipinski definition) is 3. The summed E-state index contributed by atoms with van der Waals surface area (Å²) in [6.07, 6.45) is 6.24. The Bertz CT molecular complexity index is 528. The quantitative estimate of drug-likeness (QED) is 0.761. The summed E-state index contributed by atoms with van der Waals surface area (Å²) < 4.78 is 6.79. The number of nitrogens with one attached hydrogen (secondary N) is 1. The molecule has 0 spiro atoms. The zero-order valence-corrected chi connectivity index (χ0v) is 15.3. The number of halogens is 1. The van der Waals surface area contributed by atoms with Crippen molar-refractivity contribution < 1.29 is 4.74 Å². The van der Waals surface area contributed by atoms with E-state index < -0.39 is 0 Å². The van der Waals surface area contributed by atoms with Gasteiger partial charge in [-0.1, -0.05) is 33.1 Å². The first-order valence-corrected chi connectivity index (χ1v) is 8.99. The van der Waals surface area contributed by atoms with Gasteiger partial charge >= 0.3 is 0 Å². The summed E-state index contributed by atoms with van der Waals surface area (Å²) in [5.74, 6) is 1.22. The predicted octanol–water partition coefficient (Wildman–Crippen LogP) is 3.77. The van der Waals surface area contributed by atoms with Gasteiger partial charge in [0.25, 0.3) is 5.56 Å². The van der Waals surface area contributed by atoms with Gasteiger partial charge in [0, 0.05) is 6.61 Å². The van der Waals surface area contributed by atoms with Gasteiger partial charge in [0.1, 0.15) is 11.4 Å². The van der Waals surface area contributed by atoms with Gasteiger partial charge in [0.2, 0.25) is 0 Å². The summed E-state index contributed by atoms with van der Waals surface area (Å²) in [6.45, 7) is 6.96. The second kappa shape index (κ2) is 7.22. The van der Waals surface area contributed by atoms with Crippen molar-refractivity contribution in [2.45, 2.75) is 64.9 Å². The van der Waals surface area contributed by atoms with Crippen molar-refractivity contribution in [3.63, 3.8) is 0 Å². The smallest absolute Gasteiger partial charge is 0.264 e. The fourth-order valence-corrected chi connectivity index (χ4v) is 3.57. The monoisotopic (exact) mass is 404 g/mol. The first-order valence-electron chi connectivity index (χ1n) is 7.91. The van der Waals surface area contributed by atoms with Crippen LogP contribution in [-0.4, -0.2) is 16.6 Å². The minimum atomic E-state index is -0.387. The molecule has 1 fully saturated rings. The molecule has 1 aromatic heterocycles. The van der Waals surface area contributed by atoms with Crippen LogP contribution in [-0.2, 0) is 16.8 Å². The lowest BCUT2D eigenvalue weighted by Crippen LogP contribution is -2.37. The van der Waals surface area contributed by atoms with Crippen molar-refractivity contribution in [2.75, 3.05) is 6.61 Å². The Hall–Kier alpha value is -0.430. The fraction of sp³-hybridized carbons (Fsp3) is 0.750. The Morgan fingerprint density at radius 2 is 2.00 bits per heavy atom. The molecule has 0 amide bonds. The number of ether oxygens (including phenoxy) is 1. The van der Waals surface area contributed by atoms with Crippen molar-refractivity contribution in [3.05, 3.63) is 25.4 Å². The van der Waals surface area contributed by atoms with Crippen LogP contribution in [0.5, 0.6) is 0 Å². The lowest BCUT2D eigenvalue weighted by molar-refractivity contribution is -0.0770. The van der Waals surface area contributed by atoms with E-state index >= 15 is 0 Å². The molecule has 4 nitrogen and oxygen atoms in total. The highest BCUT2D eigenvalue weighted by Crippen LogP contribution is 2.38.